The van der Waals surface area contributed by atoms with Gasteiger partial charge in [0.1, 0.15) is 11.9 Å². The molecule has 2 aliphatic rings. The number of halogens is 1. The van der Waals surface area contributed by atoms with E-state index in [0.29, 0.717) is 11.4 Å². The Morgan fingerprint density at radius 2 is 2.27 bits per heavy atom. The van der Waals surface area contributed by atoms with E-state index in [-0.39, 0.29) is 18.9 Å². The van der Waals surface area contributed by atoms with Gasteiger partial charge in [0, 0.05) is 18.8 Å². The number of hydrogen-bond donors (Lipinski definition) is 1. The van der Waals surface area contributed by atoms with Crippen LogP contribution in [0.5, 0.6) is 0 Å². The Morgan fingerprint density at radius 3 is 3.04 bits per heavy atom. The number of ether oxygens (including phenoxy) is 2. The first-order chi connectivity index (χ1) is 12.6. The third kappa shape index (κ3) is 4.32. The topological polar surface area (TPSA) is 71.1 Å². The number of nitrogens with one attached hydrogen (secondary N) is 1. The lowest BCUT2D eigenvalue weighted by Gasteiger charge is -2.24. The first-order valence-corrected chi connectivity index (χ1v) is 9.66. The summed E-state index contributed by atoms with van der Waals surface area (Å²) in [4.78, 5) is 26.6. The SMILES string of the molecule is COC(=O)NC[C@H]1CN(c2ccc(N3CCCSCC3)c(F)c2)C(=O)O1. The van der Waals surface area contributed by atoms with Crippen molar-refractivity contribution in [3.63, 3.8) is 0 Å². The van der Waals surface area contributed by atoms with Gasteiger partial charge in [-0.15, -0.1) is 0 Å². The Bertz CT molecular complexity index is 667. The lowest BCUT2D eigenvalue weighted by molar-refractivity contribution is 0.132. The summed E-state index contributed by atoms with van der Waals surface area (Å²) in [6, 6.07) is 4.81. The molecule has 2 fully saturated rings. The van der Waals surface area contributed by atoms with E-state index >= 15 is 0 Å². The maximum atomic E-state index is 14.6. The molecule has 0 aromatic heterocycles. The van der Waals surface area contributed by atoms with E-state index in [1.165, 1.54) is 18.1 Å². The summed E-state index contributed by atoms with van der Waals surface area (Å²) in [6.07, 6.45) is -0.628. The second-order valence-corrected chi connectivity index (χ2v) is 7.30. The van der Waals surface area contributed by atoms with Crippen molar-refractivity contribution in [2.75, 3.05) is 54.6 Å². The van der Waals surface area contributed by atoms with E-state index in [0.717, 1.165) is 31.0 Å². The molecule has 1 aromatic carbocycles. The van der Waals surface area contributed by atoms with Gasteiger partial charge in [-0.3, -0.25) is 4.90 Å². The Hall–Kier alpha value is -2.16. The standard InChI is InChI=1S/C17H22FN3O4S/c1-24-16(22)19-10-13-11-21(17(23)25-13)12-3-4-15(14(18)9-12)20-5-2-7-26-8-6-20/h3-4,9,13H,2,5-8,10-11H2,1H3,(H,19,22)/t13-/m0/s1. The highest BCUT2D eigenvalue weighted by Gasteiger charge is 2.33. The monoisotopic (exact) mass is 383 g/mol. The largest absolute Gasteiger partial charge is 0.453 e. The second kappa shape index (κ2) is 8.48. The van der Waals surface area contributed by atoms with E-state index in [4.69, 9.17) is 4.74 Å². The molecule has 0 radical (unpaired) electrons. The van der Waals surface area contributed by atoms with Crippen LogP contribution in [-0.4, -0.2) is 63.1 Å². The van der Waals surface area contributed by atoms with E-state index in [1.54, 1.807) is 12.1 Å². The zero-order valence-corrected chi connectivity index (χ0v) is 15.4. The number of benzene rings is 1. The molecule has 1 N–H and O–H groups in total. The molecule has 2 amide bonds. The molecule has 1 aromatic rings. The van der Waals surface area contributed by atoms with Crippen molar-refractivity contribution in [1.82, 2.24) is 5.32 Å². The minimum absolute atomic E-state index is 0.140. The molecule has 3 rings (SSSR count). The van der Waals surface area contributed by atoms with E-state index in [2.05, 4.69) is 10.1 Å². The van der Waals surface area contributed by atoms with Crippen molar-refractivity contribution in [2.24, 2.45) is 0 Å². The highest BCUT2D eigenvalue weighted by atomic mass is 32.2. The third-order valence-electron chi connectivity index (χ3n) is 4.34. The summed E-state index contributed by atoms with van der Waals surface area (Å²) in [5.74, 6) is 1.73. The van der Waals surface area contributed by atoms with Gasteiger partial charge in [-0.25, -0.2) is 14.0 Å². The minimum Gasteiger partial charge on any atom is -0.453 e. The number of nitrogens with zero attached hydrogens (tertiary/aromatic N) is 2. The average molecular weight is 383 g/mol. The molecule has 7 nitrogen and oxygen atoms in total. The number of methoxy groups -OCH3 is 1. The van der Waals surface area contributed by atoms with Crippen LogP contribution in [0, 0.1) is 5.82 Å². The molecule has 2 saturated heterocycles. The molecule has 9 heteroatoms. The fourth-order valence-electron chi connectivity index (χ4n) is 3.02. The summed E-state index contributed by atoms with van der Waals surface area (Å²) in [5.41, 5.74) is 1.01. The van der Waals surface area contributed by atoms with Gasteiger partial charge in [-0.1, -0.05) is 0 Å². The predicted octanol–water partition coefficient (Wildman–Crippen LogP) is 2.45. The van der Waals surface area contributed by atoms with Gasteiger partial charge in [0.15, 0.2) is 0 Å². The lowest BCUT2D eigenvalue weighted by Crippen LogP contribution is -2.34. The molecule has 0 unspecified atom stereocenters. The molecule has 26 heavy (non-hydrogen) atoms. The first kappa shape index (κ1) is 18.6. The van der Waals surface area contributed by atoms with Crippen LogP contribution in [-0.2, 0) is 9.47 Å². The number of carbonyl (C=O) groups excluding carboxylic acids is 2. The number of hydrogen-bond acceptors (Lipinski definition) is 6. The van der Waals surface area contributed by atoms with Crippen molar-refractivity contribution in [1.29, 1.82) is 0 Å². The van der Waals surface area contributed by atoms with Crippen LogP contribution < -0.4 is 15.1 Å². The number of anilines is 2. The molecule has 1 atom stereocenters. The van der Waals surface area contributed by atoms with Gasteiger partial charge in [0.05, 0.1) is 31.6 Å². The highest BCUT2D eigenvalue weighted by Crippen LogP contribution is 2.29. The summed E-state index contributed by atoms with van der Waals surface area (Å²) in [7, 11) is 1.26. The van der Waals surface area contributed by atoms with Crippen LogP contribution in [0.2, 0.25) is 0 Å². The normalized spacial score (nSPS) is 20.5. The molecule has 0 bridgehead atoms. The smallest absolute Gasteiger partial charge is 0.414 e. The minimum atomic E-state index is -0.592. The summed E-state index contributed by atoms with van der Waals surface area (Å²) in [5, 5.41) is 2.49. The predicted molar refractivity (Wildman–Crippen MR) is 98.6 cm³/mol. The van der Waals surface area contributed by atoms with E-state index < -0.39 is 18.3 Å². The van der Waals surface area contributed by atoms with E-state index in [1.807, 2.05) is 16.7 Å². The maximum absolute atomic E-state index is 14.6. The first-order valence-electron chi connectivity index (χ1n) is 8.50. The van der Waals surface area contributed by atoms with Crippen LogP contribution in [0.3, 0.4) is 0 Å². The zero-order chi connectivity index (χ0) is 18.5. The number of carbonyl (C=O) groups is 2. The van der Waals surface area contributed by atoms with Gasteiger partial charge in [0.25, 0.3) is 0 Å². The molecule has 2 heterocycles. The number of rotatable bonds is 4. The Balaban J connectivity index is 1.66. The maximum Gasteiger partial charge on any atom is 0.414 e. The van der Waals surface area contributed by atoms with Crippen LogP contribution in [0.25, 0.3) is 0 Å². The highest BCUT2D eigenvalue weighted by molar-refractivity contribution is 7.99. The third-order valence-corrected chi connectivity index (χ3v) is 5.39. The van der Waals surface area contributed by atoms with Crippen LogP contribution in [0.15, 0.2) is 18.2 Å². The number of amides is 2. The summed E-state index contributed by atoms with van der Waals surface area (Å²) in [6.45, 7) is 2.02. The van der Waals surface area contributed by atoms with Crippen molar-refractivity contribution < 1.29 is 23.5 Å². The zero-order valence-electron chi connectivity index (χ0n) is 14.6. The average Bonchev–Trinajstić information content (AvgIpc) is 2.83. The molecular weight excluding hydrogens is 361 g/mol. The van der Waals surface area contributed by atoms with Gasteiger partial charge in [-0.2, -0.15) is 11.8 Å². The van der Waals surface area contributed by atoms with Gasteiger partial charge in [0.2, 0.25) is 0 Å². The molecule has 0 spiro atoms. The molecule has 2 aliphatic heterocycles. The molecule has 0 aliphatic carbocycles. The number of alkyl carbamates (subject to hydrolysis) is 1. The van der Waals surface area contributed by atoms with Crippen LogP contribution >= 0.6 is 11.8 Å². The number of cyclic esters (lactones) is 1. The van der Waals surface area contributed by atoms with Gasteiger partial charge < -0.3 is 19.7 Å². The van der Waals surface area contributed by atoms with Crippen molar-refractivity contribution >= 4 is 35.3 Å². The quantitative estimate of drug-likeness (QED) is 0.861. The lowest BCUT2D eigenvalue weighted by atomic mass is 10.2. The second-order valence-electron chi connectivity index (χ2n) is 6.08. The van der Waals surface area contributed by atoms with Crippen molar-refractivity contribution in [2.45, 2.75) is 12.5 Å². The van der Waals surface area contributed by atoms with Gasteiger partial charge >= 0.3 is 12.2 Å². The number of thioether (sulfide) groups is 1. The summed E-state index contributed by atoms with van der Waals surface area (Å²) < 4.78 is 24.3. The van der Waals surface area contributed by atoms with Crippen molar-refractivity contribution in [3.05, 3.63) is 24.0 Å². The van der Waals surface area contributed by atoms with E-state index in [9.17, 15) is 14.0 Å². The summed E-state index contributed by atoms with van der Waals surface area (Å²) >= 11 is 1.88. The molecule has 142 valence electrons. The Labute approximate surface area is 155 Å². The molecule has 0 saturated carbocycles. The Kier molecular flexibility index (Phi) is 6.08. The van der Waals surface area contributed by atoms with Gasteiger partial charge in [-0.05, 0) is 30.4 Å². The fourth-order valence-corrected chi connectivity index (χ4v) is 3.90. The van der Waals surface area contributed by atoms with Crippen molar-refractivity contribution in [3.8, 4) is 0 Å². The Morgan fingerprint density at radius 1 is 1.42 bits per heavy atom. The van der Waals surface area contributed by atoms with Crippen LogP contribution in [0.4, 0.5) is 25.4 Å². The fraction of sp³-hybridized carbons (Fsp3) is 0.529. The van der Waals surface area contributed by atoms with Crippen LogP contribution in [0.1, 0.15) is 6.42 Å². The molecular formula is C17H22FN3O4S.